The van der Waals surface area contributed by atoms with E-state index < -0.39 is 6.36 Å². The number of halogens is 3. The van der Waals surface area contributed by atoms with E-state index in [9.17, 15) is 22.8 Å². The van der Waals surface area contributed by atoms with E-state index in [1.165, 1.54) is 12.1 Å². The number of likely N-dealkylation sites (tertiary alicyclic amines) is 1. The van der Waals surface area contributed by atoms with Gasteiger partial charge in [0.25, 0.3) is 5.91 Å². The number of ether oxygens (including phenoxy) is 2. The lowest BCUT2D eigenvalue weighted by Gasteiger charge is -2.32. The minimum Gasteiger partial charge on any atom is -0.406 e. The first-order valence-corrected chi connectivity index (χ1v) is 11.1. The number of piperidine rings is 1. The number of benzene rings is 1. The fourth-order valence-corrected chi connectivity index (χ4v) is 4.56. The Kier molecular flexibility index (Phi) is 5.80. The molecule has 5 rings (SSSR count). The molecule has 1 aromatic carbocycles. The van der Waals surface area contributed by atoms with E-state index in [-0.39, 0.29) is 29.0 Å². The molecule has 0 aliphatic carbocycles. The highest BCUT2D eigenvalue weighted by molar-refractivity contribution is 5.94. The number of amides is 1. The van der Waals surface area contributed by atoms with Crippen LogP contribution in [0.25, 0.3) is 11.2 Å². The monoisotopic (exact) mass is 476 g/mol. The van der Waals surface area contributed by atoms with Gasteiger partial charge in [-0.3, -0.25) is 14.3 Å². The van der Waals surface area contributed by atoms with Crippen LogP contribution in [0.1, 0.15) is 34.8 Å². The summed E-state index contributed by atoms with van der Waals surface area (Å²) in [6.45, 7) is 2.33. The summed E-state index contributed by atoms with van der Waals surface area (Å²) in [5.74, 6) is -0.170. The van der Waals surface area contributed by atoms with Crippen LogP contribution in [0.4, 0.5) is 13.2 Å². The summed E-state index contributed by atoms with van der Waals surface area (Å²) in [5, 5.41) is 0. The predicted octanol–water partition coefficient (Wildman–Crippen LogP) is 3.29. The van der Waals surface area contributed by atoms with E-state index in [0.717, 1.165) is 42.8 Å². The number of rotatable bonds is 5. The lowest BCUT2D eigenvalue weighted by atomic mass is 9.99. The Hall–Kier alpha value is -3.34. The van der Waals surface area contributed by atoms with Gasteiger partial charge in [-0.05, 0) is 55.2 Å². The van der Waals surface area contributed by atoms with Crippen LogP contribution in [0.2, 0.25) is 0 Å². The molecule has 0 bridgehead atoms. The first kappa shape index (κ1) is 22.5. The number of imidazole rings is 1. The van der Waals surface area contributed by atoms with Crippen LogP contribution in [-0.2, 0) is 11.2 Å². The fourth-order valence-electron chi connectivity index (χ4n) is 4.56. The molecule has 1 amide bonds. The van der Waals surface area contributed by atoms with Gasteiger partial charge in [0.15, 0.2) is 5.65 Å². The van der Waals surface area contributed by atoms with Gasteiger partial charge in [0.1, 0.15) is 5.75 Å². The molecule has 0 radical (unpaired) electrons. The molecule has 34 heavy (non-hydrogen) atoms. The van der Waals surface area contributed by atoms with E-state index >= 15 is 0 Å². The molecule has 180 valence electrons. The van der Waals surface area contributed by atoms with Crippen molar-refractivity contribution in [1.29, 1.82) is 0 Å². The largest absolute Gasteiger partial charge is 0.573 e. The van der Waals surface area contributed by atoms with Crippen LogP contribution >= 0.6 is 0 Å². The van der Waals surface area contributed by atoms with Crippen molar-refractivity contribution in [3.8, 4) is 5.75 Å². The molecule has 4 heterocycles. The molecule has 0 atom stereocenters. The standard InChI is InChI=1S/C23H23F3N4O4/c24-23(25,26)34-18-3-1-16(2-4-18)21(31)29-7-5-17(6-8-29)30-19-10-14(9-15-12-33-13-15)11-27-20(19)28-22(30)32/h1-4,10-11,15,17H,5-9,12-13H2,(H,27,28,32). The van der Waals surface area contributed by atoms with Crippen molar-refractivity contribution in [2.45, 2.75) is 31.7 Å². The smallest absolute Gasteiger partial charge is 0.406 e. The maximum atomic E-state index is 12.8. The fraction of sp³-hybridized carbons (Fsp3) is 0.435. The third kappa shape index (κ3) is 4.65. The summed E-state index contributed by atoms with van der Waals surface area (Å²) in [5.41, 5.74) is 2.41. The Balaban J connectivity index is 1.26. The first-order chi connectivity index (χ1) is 16.3. The van der Waals surface area contributed by atoms with Gasteiger partial charge < -0.3 is 14.4 Å². The quantitative estimate of drug-likeness (QED) is 0.611. The molecule has 1 N–H and O–H groups in total. The van der Waals surface area contributed by atoms with Gasteiger partial charge in [0, 0.05) is 36.8 Å². The highest BCUT2D eigenvalue weighted by Crippen LogP contribution is 2.28. The van der Waals surface area contributed by atoms with Gasteiger partial charge in [-0.1, -0.05) is 0 Å². The third-order valence-corrected chi connectivity index (χ3v) is 6.31. The number of carbonyl (C=O) groups excluding carboxylic acids is 1. The second kappa shape index (κ2) is 8.79. The van der Waals surface area contributed by atoms with Crippen LogP contribution in [0.3, 0.4) is 0 Å². The molecule has 3 aromatic rings. The number of carbonyl (C=O) groups is 1. The van der Waals surface area contributed by atoms with Crippen molar-refractivity contribution in [1.82, 2.24) is 19.4 Å². The number of nitrogens with zero attached hydrogens (tertiary/aromatic N) is 3. The van der Waals surface area contributed by atoms with Crippen molar-refractivity contribution in [3.05, 3.63) is 58.1 Å². The molecule has 2 aliphatic heterocycles. The van der Waals surface area contributed by atoms with Crippen molar-refractivity contribution >= 4 is 17.1 Å². The molecule has 0 saturated carbocycles. The summed E-state index contributed by atoms with van der Waals surface area (Å²) in [4.78, 5) is 34.4. The molecule has 2 aliphatic rings. The Morgan fingerprint density at radius 2 is 1.88 bits per heavy atom. The molecular formula is C23H23F3N4O4. The maximum Gasteiger partial charge on any atom is 0.573 e. The number of pyridine rings is 1. The Morgan fingerprint density at radius 1 is 1.18 bits per heavy atom. The second-order valence-electron chi connectivity index (χ2n) is 8.71. The van der Waals surface area contributed by atoms with E-state index in [0.29, 0.717) is 37.5 Å². The average molecular weight is 476 g/mol. The first-order valence-electron chi connectivity index (χ1n) is 11.1. The summed E-state index contributed by atoms with van der Waals surface area (Å²) in [7, 11) is 0. The van der Waals surface area contributed by atoms with Gasteiger partial charge in [-0.15, -0.1) is 13.2 Å². The number of H-pyrrole nitrogens is 1. The lowest BCUT2D eigenvalue weighted by Crippen LogP contribution is -2.40. The molecule has 2 fully saturated rings. The summed E-state index contributed by atoms with van der Waals surface area (Å²) in [6, 6.07) is 6.80. The van der Waals surface area contributed by atoms with Crippen molar-refractivity contribution in [3.63, 3.8) is 0 Å². The Morgan fingerprint density at radius 3 is 2.50 bits per heavy atom. The molecule has 0 spiro atoms. The molecule has 2 aromatic heterocycles. The van der Waals surface area contributed by atoms with Crippen molar-refractivity contribution in [2.24, 2.45) is 5.92 Å². The van der Waals surface area contributed by atoms with Gasteiger partial charge in [0.2, 0.25) is 0 Å². The SMILES string of the molecule is O=C(c1ccc(OC(F)(F)F)cc1)N1CCC(n2c(=O)[nH]c3ncc(CC4COC4)cc32)CC1. The molecule has 8 nitrogen and oxygen atoms in total. The number of fused-ring (bicyclic) bond motifs is 1. The Labute approximate surface area is 192 Å². The van der Waals surface area contributed by atoms with E-state index in [1.807, 2.05) is 6.07 Å². The number of aromatic amines is 1. The van der Waals surface area contributed by atoms with Gasteiger partial charge in [-0.2, -0.15) is 0 Å². The number of hydrogen-bond acceptors (Lipinski definition) is 5. The van der Waals surface area contributed by atoms with Crippen LogP contribution in [0.15, 0.2) is 41.3 Å². The highest BCUT2D eigenvalue weighted by Gasteiger charge is 2.31. The van der Waals surface area contributed by atoms with Gasteiger partial charge in [-0.25, -0.2) is 9.78 Å². The zero-order chi connectivity index (χ0) is 23.9. The van der Waals surface area contributed by atoms with Crippen molar-refractivity contribution in [2.75, 3.05) is 26.3 Å². The molecular weight excluding hydrogens is 453 g/mol. The van der Waals surface area contributed by atoms with Crippen LogP contribution in [0.5, 0.6) is 5.75 Å². The lowest BCUT2D eigenvalue weighted by molar-refractivity contribution is -0.274. The molecule has 2 saturated heterocycles. The zero-order valence-corrected chi connectivity index (χ0v) is 18.2. The molecule has 0 unspecified atom stereocenters. The minimum absolute atomic E-state index is 0.0862. The van der Waals surface area contributed by atoms with Crippen molar-refractivity contribution < 1.29 is 27.4 Å². The molecule has 11 heteroatoms. The van der Waals surface area contributed by atoms with E-state index in [2.05, 4.69) is 14.7 Å². The number of aromatic nitrogens is 3. The number of nitrogens with one attached hydrogen (secondary N) is 1. The predicted molar refractivity (Wildman–Crippen MR) is 116 cm³/mol. The van der Waals surface area contributed by atoms with E-state index in [1.54, 1.807) is 15.7 Å². The van der Waals surface area contributed by atoms with Gasteiger partial charge >= 0.3 is 12.1 Å². The topological polar surface area (TPSA) is 89.5 Å². The van der Waals surface area contributed by atoms with E-state index in [4.69, 9.17) is 4.74 Å². The summed E-state index contributed by atoms with van der Waals surface area (Å²) in [6.07, 6.45) is -0.992. The summed E-state index contributed by atoms with van der Waals surface area (Å²) >= 11 is 0. The van der Waals surface area contributed by atoms with Gasteiger partial charge in [0.05, 0.1) is 18.7 Å². The third-order valence-electron chi connectivity index (χ3n) is 6.31. The minimum atomic E-state index is -4.78. The normalized spacial score (nSPS) is 17.7. The average Bonchev–Trinajstić information content (AvgIpc) is 3.10. The highest BCUT2D eigenvalue weighted by atomic mass is 19.4. The zero-order valence-electron chi connectivity index (χ0n) is 18.2. The summed E-state index contributed by atoms with van der Waals surface area (Å²) < 4.78 is 47.8. The van der Waals surface area contributed by atoms with Crippen LogP contribution in [-0.4, -0.2) is 58.0 Å². The Bertz CT molecular complexity index is 1240. The maximum absolute atomic E-state index is 12.8. The second-order valence-corrected chi connectivity index (χ2v) is 8.71. The van der Waals surface area contributed by atoms with Crippen LogP contribution < -0.4 is 10.4 Å². The van der Waals surface area contributed by atoms with Crippen LogP contribution in [0, 0.1) is 5.92 Å². The number of hydrogen-bond donors (Lipinski definition) is 1. The number of alkyl halides is 3.